The van der Waals surface area contributed by atoms with Crippen LogP contribution in [-0.4, -0.2) is 26.1 Å². The Hall–Kier alpha value is -2.82. The van der Waals surface area contributed by atoms with Gasteiger partial charge in [-0.1, -0.05) is 24.3 Å². The molecule has 132 valence electrons. The van der Waals surface area contributed by atoms with E-state index in [9.17, 15) is 4.79 Å². The second-order valence-electron chi connectivity index (χ2n) is 5.84. The lowest BCUT2D eigenvalue weighted by Gasteiger charge is -2.14. The van der Waals surface area contributed by atoms with Crippen LogP contribution in [0.15, 0.2) is 41.4 Å². The van der Waals surface area contributed by atoms with Gasteiger partial charge in [0.15, 0.2) is 0 Å². The lowest BCUT2D eigenvalue weighted by Crippen LogP contribution is -2.16. The third-order valence-electron chi connectivity index (χ3n) is 4.05. The number of esters is 1. The van der Waals surface area contributed by atoms with Gasteiger partial charge in [-0.25, -0.2) is 9.79 Å². The van der Waals surface area contributed by atoms with E-state index in [1.165, 1.54) is 0 Å². The molecule has 0 heterocycles. The van der Waals surface area contributed by atoms with Gasteiger partial charge in [0.25, 0.3) is 6.02 Å². The van der Waals surface area contributed by atoms with Crippen molar-refractivity contribution in [2.45, 2.75) is 27.4 Å². The molecule has 2 aromatic carbocycles. The van der Waals surface area contributed by atoms with Crippen LogP contribution in [-0.2, 0) is 16.1 Å². The highest BCUT2D eigenvalue weighted by atomic mass is 16.5. The fourth-order valence-corrected chi connectivity index (χ4v) is 2.48. The van der Waals surface area contributed by atoms with Gasteiger partial charge in [-0.05, 0) is 55.2 Å². The molecule has 5 heteroatoms. The predicted octanol–water partition coefficient (Wildman–Crippen LogP) is 4.01. The van der Waals surface area contributed by atoms with Crippen molar-refractivity contribution in [2.24, 2.45) is 4.99 Å². The van der Waals surface area contributed by atoms with Crippen LogP contribution in [0.4, 0.5) is 5.69 Å². The molecule has 0 aliphatic rings. The van der Waals surface area contributed by atoms with Gasteiger partial charge in [-0.3, -0.25) is 0 Å². The van der Waals surface area contributed by atoms with Crippen LogP contribution < -0.4 is 5.32 Å². The molecule has 0 aliphatic heterocycles. The minimum atomic E-state index is -0.327. The Balaban J connectivity index is 2.15. The maximum atomic E-state index is 12.5. The number of aliphatic imine (C=N–C) groups is 1. The quantitative estimate of drug-likeness (QED) is 0.519. The van der Waals surface area contributed by atoms with Gasteiger partial charge in [0.05, 0.1) is 12.7 Å². The molecule has 0 saturated carbocycles. The largest absolute Gasteiger partial charge is 0.468 e. The standard InChI is InChI=1S/C20H24N2O3/c1-13-8-6-7-9-16(13)12-25-19(23)17-10-15(3)18(11-14(17)2)22-20(21-4)24-5/h6-11H,12H2,1-5H3,(H,21,22). The first-order chi connectivity index (χ1) is 12.0. The van der Waals surface area contributed by atoms with Crippen LogP contribution in [0.5, 0.6) is 0 Å². The number of ether oxygens (including phenoxy) is 2. The second-order valence-corrected chi connectivity index (χ2v) is 5.84. The minimum Gasteiger partial charge on any atom is -0.468 e. The molecule has 1 N–H and O–H groups in total. The Labute approximate surface area is 148 Å². The molecule has 25 heavy (non-hydrogen) atoms. The normalized spacial score (nSPS) is 11.2. The summed E-state index contributed by atoms with van der Waals surface area (Å²) in [7, 11) is 3.19. The number of carbonyl (C=O) groups is 1. The van der Waals surface area contributed by atoms with Crippen LogP contribution in [0.3, 0.4) is 0 Å². The van der Waals surface area contributed by atoms with Gasteiger partial charge in [0, 0.05) is 12.7 Å². The Morgan fingerprint density at radius 3 is 2.44 bits per heavy atom. The molecule has 0 saturated heterocycles. The number of amidine groups is 1. The van der Waals surface area contributed by atoms with Gasteiger partial charge >= 0.3 is 5.97 Å². The Morgan fingerprint density at radius 2 is 1.80 bits per heavy atom. The van der Waals surface area contributed by atoms with E-state index in [4.69, 9.17) is 9.47 Å². The highest BCUT2D eigenvalue weighted by molar-refractivity contribution is 5.94. The zero-order valence-corrected chi connectivity index (χ0v) is 15.3. The van der Waals surface area contributed by atoms with E-state index in [-0.39, 0.29) is 12.6 Å². The summed E-state index contributed by atoms with van der Waals surface area (Å²) < 4.78 is 10.6. The molecule has 0 amide bonds. The molecule has 0 aliphatic carbocycles. The van der Waals surface area contributed by atoms with E-state index in [0.29, 0.717) is 11.6 Å². The predicted molar refractivity (Wildman–Crippen MR) is 100 cm³/mol. The van der Waals surface area contributed by atoms with Gasteiger partial charge in [0.1, 0.15) is 6.61 Å². The summed E-state index contributed by atoms with van der Waals surface area (Å²) in [4.78, 5) is 16.5. The number of anilines is 1. The molecule has 0 unspecified atom stereocenters. The number of nitrogens with zero attached hydrogens (tertiary/aromatic N) is 1. The first-order valence-corrected chi connectivity index (χ1v) is 8.07. The molecule has 0 radical (unpaired) electrons. The highest BCUT2D eigenvalue weighted by Gasteiger charge is 2.14. The summed E-state index contributed by atoms with van der Waals surface area (Å²) in [6.07, 6.45) is 0. The summed E-state index contributed by atoms with van der Waals surface area (Å²) in [5.41, 5.74) is 5.25. The minimum absolute atomic E-state index is 0.264. The number of nitrogens with one attached hydrogen (secondary N) is 1. The van der Waals surface area contributed by atoms with Gasteiger partial charge in [0.2, 0.25) is 0 Å². The third kappa shape index (κ3) is 4.59. The van der Waals surface area contributed by atoms with E-state index >= 15 is 0 Å². The van der Waals surface area contributed by atoms with E-state index in [1.807, 2.05) is 57.2 Å². The summed E-state index contributed by atoms with van der Waals surface area (Å²) in [6.45, 7) is 6.06. The van der Waals surface area contributed by atoms with Crippen LogP contribution in [0.2, 0.25) is 0 Å². The monoisotopic (exact) mass is 340 g/mol. The summed E-state index contributed by atoms with van der Waals surface area (Å²) in [6, 6.07) is 12.0. The van der Waals surface area contributed by atoms with Crippen LogP contribution in [0, 0.1) is 20.8 Å². The molecule has 0 fully saturated rings. The van der Waals surface area contributed by atoms with E-state index in [2.05, 4.69) is 10.3 Å². The maximum Gasteiger partial charge on any atom is 0.338 e. The molecule has 0 bridgehead atoms. The second kappa shape index (κ2) is 8.33. The zero-order valence-electron chi connectivity index (χ0n) is 15.3. The van der Waals surface area contributed by atoms with Crippen molar-refractivity contribution in [3.05, 3.63) is 64.2 Å². The Bertz CT molecular complexity index is 798. The average molecular weight is 340 g/mol. The van der Waals surface area contributed by atoms with Crippen molar-refractivity contribution in [1.82, 2.24) is 0 Å². The smallest absolute Gasteiger partial charge is 0.338 e. The molecule has 0 atom stereocenters. The van der Waals surface area contributed by atoms with Crippen LogP contribution in [0.25, 0.3) is 0 Å². The van der Waals surface area contributed by atoms with Crippen molar-refractivity contribution >= 4 is 17.7 Å². The number of benzene rings is 2. The Kier molecular flexibility index (Phi) is 6.17. The van der Waals surface area contributed by atoms with Crippen molar-refractivity contribution in [1.29, 1.82) is 0 Å². The number of methoxy groups -OCH3 is 1. The molecule has 2 rings (SSSR count). The molecule has 0 aromatic heterocycles. The fourth-order valence-electron chi connectivity index (χ4n) is 2.48. The SMILES string of the molecule is CN=C(Nc1cc(C)c(C(=O)OCc2ccccc2C)cc1C)OC. The summed E-state index contributed by atoms with van der Waals surface area (Å²) in [5.74, 6) is -0.327. The van der Waals surface area contributed by atoms with Gasteiger partial charge in [-0.2, -0.15) is 0 Å². The number of rotatable bonds is 4. The summed E-state index contributed by atoms with van der Waals surface area (Å²) in [5, 5.41) is 3.09. The molecular formula is C20H24N2O3. The van der Waals surface area contributed by atoms with Crippen LogP contribution in [0.1, 0.15) is 32.6 Å². The van der Waals surface area contributed by atoms with Crippen molar-refractivity contribution in [3.8, 4) is 0 Å². The van der Waals surface area contributed by atoms with Gasteiger partial charge in [-0.15, -0.1) is 0 Å². The lowest BCUT2D eigenvalue weighted by molar-refractivity contribution is 0.0471. The number of aryl methyl sites for hydroxylation is 3. The van der Waals surface area contributed by atoms with E-state index < -0.39 is 0 Å². The zero-order chi connectivity index (χ0) is 18.4. The van der Waals surface area contributed by atoms with Crippen LogP contribution >= 0.6 is 0 Å². The number of carbonyl (C=O) groups excluding carboxylic acids is 1. The fraction of sp³-hybridized carbons (Fsp3) is 0.300. The number of hydrogen-bond acceptors (Lipinski definition) is 4. The average Bonchev–Trinajstić information content (AvgIpc) is 2.61. The van der Waals surface area contributed by atoms with Gasteiger partial charge < -0.3 is 14.8 Å². The maximum absolute atomic E-state index is 12.5. The first-order valence-electron chi connectivity index (χ1n) is 8.07. The molecule has 5 nitrogen and oxygen atoms in total. The van der Waals surface area contributed by atoms with Crippen molar-refractivity contribution in [2.75, 3.05) is 19.5 Å². The van der Waals surface area contributed by atoms with E-state index in [0.717, 1.165) is 27.9 Å². The topological polar surface area (TPSA) is 59.9 Å². The molecule has 2 aromatic rings. The highest BCUT2D eigenvalue weighted by Crippen LogP contribution is 2.22. The van der Waals surface area contributed by atoms with Crippen molar-refractivity contribution < 1.29 is 14.3 Å². The molecule has 0 spiro atoms. The third-order valence-corrected chi connectivity index (χ3v) is 4.05. The Morgan fingerprint density at radius 1 is 1.08 bits per heavy atom. The number of hydrogen-bond donors (Lipinski definition) is 1. The van der Waals surface area contributed by atoms with Crippen molar-refractivity contribution in [3.63, 3.8) is 0 Å². The first kappa shape index (κ1) is 18.5. The van der Waals surface area contributed by atoms with E-state index in [1.54, 1.807) is 14.2 Å². The molecular weight excluding hydrogens is 316 g/mol. The summed E-state index contributed by atoms with van der Waals surface area (Å²) >= 11 is 0. The lowest BCUT2D eigenvalue weighted by atomic mass is 10.0.